The van der Waals surface area contributed by atoms with E-state index in [1.807, 2.05) is 18.7 Å². The summed E-state index contributed by atoms with van der Waals surface area (Å²) >= 11 is 0. The Morgan fingerprint density at radius 1 is 1.31 bits per heavy atom. The zero-order chi connectivity index (χ0) is 18.8. The van der Waals surface area contributed by atoms with E-state index in [1.54, 1.807) is 13.1 Å². The Labute approximate surface area is 152 Å². The first-order valence-corrected chi connectivity index (χ1v) is 8.88. The number of hydrogen-bond acceptors (Lipinski definition) is 3. The van der Waals surface area contributed by atoms with E-state index in [0.29, 0.717) is 6.04 Å². The van der Waals surface area contributed by atoms with Gasteiger partial charge in [-0.2, -0.15) is 5.10 Å². The largest absolute Gasteiger partial charge is 0.343 e. The molecule has 0 unspecified atom stereocenters. The number of piperidine rings is 1. The van der Waals surface area contributed by atoms with E-state index in [4.69, 9.17) is 0 Å². The number of nitrogens with one attached hydrogen (secondary N) is 1. The quantitative estimate of drug-likeness (QED) is 0.909. The first-order valence-electron chi connectivity index (χ1n) is 8.88. The van der Waals surface area contributed by atoms with Crippen LogP contribution in [-0.4, -0.2) is 39.7 Å². The second-order valence-electron chi connectivity index (χ2n) is 6.86. The van der Waals surface area contributed by atoms with Crippen LogP contribution in [0.25, 0.3) is 5.69 Å². The molecule has 1 fully saturated rings. The highest BCUT2D eigenvalue weighted by Gasteiger charge is 2.23. The lowest BCUT2D eigenvalue weighted by atomic mass is 10.0. The molecule has 0 spiro atoms. The van der Waals surface area contributed by atoms with Gasteiger partial charge in [-0.1, -0.05) is 0 Å². The third-order valence-electron chi connectivity index (χ3n) is 5.08. The average molecular weight is 362 g/mol. The minimum atomic E-state index is -0.639. The van der Waals surface area contributed by atoms with Crippen molar-refractivity contribution in [2.45, 2.75) is 45.7 Å². The second-order valence-corrected chi connectivity index (χ2v) is 6.86. The first kappa shape index (κ1) is 18.5. The standard InChI is InChI=1S/C19H24F2N4O/c1-12(23-16-6-8-24(9-7-16)14(3)26)17-11-22-25(13(17)2)19-5-4-15(20)10-18(19)21/h4-5,10-12,16,23H,6-9H2,1-3H3/t12-/m0/s1. The van der Waals surface area contributed by atoms with Crippen LogP contribution < -0.4 is 5.32 Å². The molecule has 1 atom stereocenters. The molecule has 3 rings (SSSR count). The molecule has 5 nitrogen and oxygen atoms in total. The number of amides is 1. The van der Waals surface area contributed by atoms with Crippen LogP contribution >= 0.6 is 0 Å². The van der Waals surface area contributed by atoms with E-state index < -0.39 is 11.6 Å². The fourth-order valence-electron chi connectivity index (χ4n) is 3.55. The lowest BCUT2D eigenvalue weighted by molar-refractivity contribution is -0.129. The summed E-state index contributed by atoms with van der Waals surface area (Å²) in [5.41, 5.74) is 2.02. The molecular weight excluding hydrogens is 338 g/mol. The molecule has 26 heavy (non-hydrogen) atoms. The predicted octanol–water partition coefficient (Wildman–Crippen LogP) is 3.12. The molecule has 2 aromatic rings. The zero-order valence-corrected chi connectivity index (χ0v) is 15.3. The van der Waals surface area contributed by atoms with Gasteiger partial charge in [0.15, 0.2) is 5.82 Å². The molecule has 0 radical (unpaired) electrons. The van der Waals surface area contributed by atoms with Crippen LogP contribution in [0.5, 0.6) is 0 Å². The maximum absolute atomic E-state index is 14.1. The van der Waals surface area contributed by atoms with Gasteiger partial charge in [0, 0.05) is 49.4 Å². The number of benzene rings is 1. The number of carbonyl (C=O) groups is 1. The molecule has 1 aliphatic heterocycles. The minimum Gasteiger partial charge on any atom is -0.343 e. The summed E-state index contributed by atoms with van der Waals surface area (Å²) in [7, 11) is 0. The van der Waals surface area contributed by atoms with Gasteiger partial charge in [-0.15, -0.1) is 0 Å². The number of rotatable bonds is 4. The van der Waals surface area contributed by atoms with Gasteiger partial charge in [0.1, 0.15) is 11.5 Å². The molecule has 1 amide bonds. The summed E-state index contributed by atoms with van der Waals surface area (Å²) < 4.78 is 28.7. The lowest BCUT2D eigenvalue weighted by Gasteiger charge is -2.33. The van der Waals surface area contributed by atoms with Gasteiger partial charge in [-0.25, -0.2) is 13.5 Å². The van der Waals surface area contributed by atoms with Crippen LogP contribution in [0.2, 0.25) is 0 Å². The van der Waals surface area contributed by atoms with Crippen LogP contribution in [0.15, 0.2) is 24.4 Å². The smallest absolute Gasteiger partial charge is 0.219 e. The summed E-state index contributed by atoms with van der Waals surface area (Å²) in [4.78, 5) is 13.3. The third-order valence-corrected chi connectivity index (χ3v) is 5.08. The van der Waals surface area contributed by atoms with Crippen LogP contribution in [0.4, 0.5) is 8.78 Å². The van der Waals surface area contributed by atoms with E-state index in [9.17, 15) is 13.6 Å². The summed E-state index contributed by atoms with van der Waals surface area (Å²) in [5, 5.41) is 7.87. The van der Waals surface area contributed by atoms with Gasteiger partial charge in [0.2, 0.25) is 5.91 Å². The summed E-state index contributed by atoms with van der Waals surface area (Å²) in [6, 6.07) is 3.85. The van der Waals surface area contributed by atoms with Crippen molar-refractivity contribution < 1.29 is 13.6 Å². The van der Waals surface area contributed by atoms with Gasteiger partial charge in [0.05, 0.1) is 6.20 Å². The van der Waals surface area contributed by atoms with Crippen molar-refractivity contribution in [3.63, 3.8) is 0 Å². The van der Waals surface area contributed by atoms with E-state index in [1.165, 1.54) is 16.8 Å². The summed E-state index contributed by atoms with van der Waals surface area (Å²) in [6.45, 7) is 7.05. The van der Waals surface area contributed by atoms with Crippen LogP contribution in [0, 0.1) is 18.6 Å². The lowest BCUT2D eigenvalue weighted by Crippen LogP contribution is -2.44. The van der Waals surface area contributed by atoms with Gasteiger partial charge < -0.3 is 10.2 Å². The molecule has 140 valence electrons. The second kappa shape index (κ2) is 7.53. The SMILES string of the molecule is CC(=O)N1CCC(N[C@@H](C)c2cnn(-c3ccc(F)cc3F)c2C)CC1. The molecule has 1 saturated heterocycles. The third kappa shape index (κ3) is 3.77. The van der Waals surface area contributed by atoms with Crippen molar-refractivity contribution in [1.29, 1.82) is 0 Å². The topological polar surface area (TPSA) is 50.2 Å². The van der Waals surface area contributed by atoms with Crippen molar-refractivity contribution >= 4 is 5.91 Å². The van der Waals surface area contributed by atoms with Crippen molar-refractivity contribution in [2.75, 3.05) is 13.1 Å². The van der Waals surface area contributed by atoms with Crippen LogP contribution in [0.3, 0.4) is 0 Å². The van der Waals surface area contributed by atoms with E-state index in [-0.39, 0.29) is 17.6 Å². The number of carbonyl (C=O) groups excluding carboxylic acids is 1. The summed E-state index contributed by atoms with van der Waals surface area (Å²) in [6.07, 6.45) is 3.54. The van der Waals surface area contributed by atoms with Crippen LogP contribution in [-0.2, 0) is 4.79 Å². The van der Waals surface area contributed by atoms with Crippen molar-refractivity contribution in [3.8, 4) is 5.69 Å². The number of halogens is 2. The van der Waals surface area contributed by atoms with Gasteiger partial charge >= 0.3 is 0 Å². The molecule has 2 heterocycles. The molecule has 0 saturated carbocycles. The highest BCUT2D eigenvalue weighted by Crippen LogP contribution is 2.23. The normalized spacial score (nSPS) is 16.7. The van der Waals surface area contributed by atoms with Crippen molar-refractivity contribution in [1.82, 2.24) is 20.0 Å². The Balaban J connectivity index is 1.70. The Hall–Kier alpha value is -2.28. The molecule has 7 heteroatoms. The number of nitrogens with zero attached hydrogens (tertiary/aromatic N) is 3. The molecule has 1 N–H and O–H groups in total. The first-order chi connectivity index (χ1) is 12.4. The van der Waals surface area contributed by atoms with Crippen molar-refractivity contribution in [3.05, 3.63) is 47.3 Å². The highest BCUT2D eigenvalue weighted by molar-refractivity contribution is 5.73. The fraction of sp³-hybridized carbons (Fsp3) is 0.474. The van der Waals surface area contributed by atoms with Gasteiger partial charge in [0.25, 0.3) is 0 Å². The van der Waals surface area contributed by atoms with E-state index >= 15 is 0 Å². The maximum Gasteiger partial charge on any atom is 0.219 e. The number of aromatic nitrogens is 2. The Bertz CT molecular complexity index is 797. The molecule has 0 aliphatic carbocycles. The number of hydrogen-bond donors (Lipinski definition) is 1. The van der Waals surface area contributed by atoms with E-state index in [0.717, 1.165) is 43.3 Å². The Kier molecular flexibility index (Phi) is 5.36. The summed E-state index contributed by atoms with van der Waals surface area (Å²) in [5.74, 6) is -1.13. The average Bonchev–Trinajstić information content (AvgIpc) is 2.97. The van der Waals surface area contributed by atoms with Crippen molar-refractivity contribution in [2.24, 2.45) is 0 Å². The number of likely N-dealkylation sites (tertiary alicyclic amines) is 1. The molecule has 1 aromatic heterocycles. The zero-order valence-electron chi connectivity index (χ0n) is 15.3. The molecule has 0 bridgehead atoms. The predicted molar refractivity (Wildman–Crippen MR) is 95.0 cm³/mol. The molecule has 1 aliphatic rings. The fourth-order valence-corrected chi connectivity index (χ4v) is 3.55. The van der Waals surface area contributed by atoms with E-state index in [2.05, 4.69) is 10.4 Å². The van der Waals surface area contributed by atoms with Gasteiger partial charge in [-0.05, 0) is 38.8 Å². The minimum absolute atomic E-state index is 0.0427. The molecule has 1 aromatic carbocycles. The highest BCUT2D eigenvalue weighted by atomic mass is 19.1. The Morgan fingerprint density at radius 3 is 2.62 bits per heavy atom. The van der Waals surface area contributed by atoms with Gasteiger partial charge in [-0.3, -0.25) is 4.79 Å². The Morgan fingerprint density at radius 2 is 2.00 bits per heavy atom. The monoisotopic (exact) mass is 362 g/mol. The maximum atomic E-state index is 14.1. The van der Waals surface area contributed by atoms with Crippen LogP contribution in [0.1, 0.15) is 44.0 Å². The molecular formula is C19H24F2N4O.